The van der Waals surface area contributed by atoms with E-state index in [0.29, 0.717) is 6.61 Å². The first-order chi connectivity index (χ1) is 11.2. The van der Waals surface area contributed by atoms with Crippen LogP contribution < -0.4 is 0 Å². The molecule has 2 nitrogen and oxygen atoms in total. The van der Waals surface area contributed by atoms with Crippen molar-refractivity contribution in [2.24, 2.45) is 0 Å². The molecule has 0 spiro atoms. The van der Waals surface area contributed by atoms with Crippen LogP contribution in [0.4, 0.5) is 0 Å². The molecule has 1 N–H and O–H groups in total. The Morgan fingerprint density at radius 3 is 1.17 bits per heavy atom. The first kappa shape index (κ1) is 22.9. The zero-order valence-electron chi connectivity index (χ0n) is 16.6. The van der Waals surface area contributed by atoms with Gasteiger partial charge in [-0.2, -0.15) is 0 Å². The molecule has 0 saturated heterocycles. The van der Waals surface area contributed by atoms with Gasteiger partial charge in [-0.25, -0.2) is 0 Å². The first-order valence-electron chi connectivity index (χ1n) is 10.7. The molecule has 0 saturated carbocycles. The smallest absolute Gasteiger partial charge is 0.0786 e. The molecule has 0 heterocycles. The van der Waals surface area contributed by atoms with Crippen molar-refractivity contribution in [3.8, 4) is 0 Å². The van der Waals surface area contributed by atoms with Crippen molar-refractivity contribution in [1.82, 2.24) is 0 Å². The van der Waals surface area contributed by atoms with Crippen molar-refractivity contribution in [1.29, 1.82) is 0 Å². The van der Waals surface area contributed by atoms with Crippen molar-refractivity contribution < 1.29 is 9.59 Å². The molecule has 140 valence electrons. The minimum atomic E-state index is 0.369. The van der Waals surface area contributed by atoms with Crippen LogP contribution in [0.3, 0.4) is 0 Å². The predicted octanol–water partition coefficient (Wildman–Crippen LogP) is 5.93. The van der Waals surface area contributed by atoms with E-state index in [1.54, 1.807) is 0 Å². The van der Waals surface area contributed by atoms with Crippen LogP contribution in [0.15, 0.2) is 0 Å². The van der Waals surface area contributed by atoms with Crippen LogP contribution in [-0.2, 0) is 0 Å². The fourth-order valence-corrected chi connectivity index (χ4v) is 4.07. The van der Waals surface area contributed by atoms with Gasteiger partial charge in [0.2, 0.25) is 0 Å². The number of aliphatic hydroxyl groups is 1. The van der Waals surface area contributed by atoms with Gasteiger partial charge < -0.3 is 9.59 Å². The third-order valence-corrected chi connectivity index (χ3v) is 5.13. The second-order valence-corrected chi connectivity index (χ2v) is 7.50. The van der Waals surface area contributed by atoms with E-state index in [0.717, 1.165) is 6.42 Å². The summed E-state index contributed by atoms with van der Waals surface area (Å²) < 4.78 is 1.38. The van der Waals surface area contributed by atoms with E-state index >= 15 is 0 Å². The SMILES string of the molecule is CCC[N+](CCC)(CCC)CCCCCCCCCCCCO. The molecule has 0 radical (unpaired) electrons. The van der Waals surface area contributed by atoms with Crippen molar-refractivity contribution in [3.05, 3.63) is 0 Å². The molecule has 0 aliphatic carbocycles. The van der Waals surface area contributed by atoms with E-state index in [9.17, 15) is 0 Å². The second-order valence-electron chi connectivity index (χ2n) is 7.50. The molecule has 0 aliphatic heterocycles. The van der Waals surface area contributed by atoms with Crippen LogP contribution in [-0.4, -0.2) is 42.4 Å². The number of nitrogens with zero attached hydrogens (tertiary/aromatic N) is 1. The molecule has 0 aliphatic rings. The average Bonchev–Trinajstić information content (AvgIpc) is 2.53. The molecule has 0 unspecified atom stereocenters. The summed E-state index contributed by atoms with van der Waals surface area (Å²) in [5.41, 5.74) is 0. The lowest BCUT2D eigenvalue weighted by Crippen LogP contribution is -2.50. The summed E-state index contributed by atoms with van der Waals surface area (Å²) in [6.45, 7) is 13.0. The number of rotatable bonds is 18. The lowest BCUT2D eigenvalue weighted by Gasteiger charge is -2.38. The highest BCUT2D eigenvalue weighted by Crippen LogP contribution is 2.16. The van der Waals surface area contributed by atoms with Crippen LogP contribution in [0.2, 0.25) is 0 Å². The van der Waals surface area contributed by atoms with Gasteiger partial charge in [0.25, 0.3) is 0 Å². The summed E-state index contributed by atoms with van der Waals surface area (Å²) in [6, 6.07) is 0. The fraction of sp³-hybridized carbons (Fsp3) is 1.00. The van der Waals surface area contributed by atoms with Crippen LogP contribution in [0.25, 0.3) is 0 Å². The van der Waals surface area contributed by atoms with E-state index in [-0.39, 0.29) is 0 Å². The molecular formula is C21H46NO+. The Morgan fingerprint density at radius 1 is 0.478 bits per heavy atom. The van der Waals surface area contributed by atoms with Crippen LogP contribution in [0.1, 0.15) is 104 Å². The predicted molar refractivity (Wildman–Crippen MR) is 104 cm³/mol. The van der Waals surface area contributed by atoms with Gasteiger partial charge in [-0.1, -0.05) is 65.7 Å². The highest BCUT2D eigenvalue weighted by molar-refractivity contribution is 4.50. The quantitative estimate of drug-likeness (QED) is 0.244. The van der Waals surface area contributed by atoms with Gasteiger partial charge in [0.15, 0.2) is 0 Å². The number of quaternary nitrogens is 1. The van der Waals surface area contributed by atoms with Gasteiger partial charge in [-0.3, -0.25) is 0 Å². The summed E-state index contributed by atoms with van der Waals surface area (Å²) in [7, 11) is 0. The minimum Gasteiger partial charge on any atom is -0.396 e. The van der Waals surface area contributed by atoms with E-state index < -0.39 is 0 Å². The molecule has 0 aromatic heterocycles. The van der Waals surface area contributed by atoms with Gasteiger partial charge >= 0.3 is 0 Å². The zero-order valence-corrected chi connectivity index (χ0v) is 16.6. The number of aliphatic hydroxyl groups excluding tert-OH is 1. The van der Waals surface area contributed by atoms with Crippen molar-refractivity contribution in [2.45, 2.75) is 104 Å². The highest BCUT2D eigenvalue weighted by Gasteiger charge is 2.23. The van der Waals surface area contributed by atoms with E-state index in [1.165, 1.54) is 108 Å². The monoisotopic (exact) mass is 328 g/mol. The number of hydrogen-bond acceptors (Lipinski definition) is 1. The lowest BCUT2D eigenvalue weighted by molar-refractivity contribution is -0.928. The molecule has 0 fully saturated rings. The second kappa shape index (κ2) is 16.8. The summed E-state index contributed by atoms with van der Waals surface area (Å²) in [5.74, 6) is 0. The van der Waals surface area contributed by atoms with E-state index in [2.05, 4.69) is 20.8 Å². The average molecular weight is 329 g/mol. The first-order valence-corrected chi connectivity index (χ1v) is 10.7. The molecule has 2 heteroatoms. The molecule has 0 atom stereocenters. The molecular weight excluding hydrogens is 282 g/mol. The largest absolute Gasteiger partial charge is 0.396 e. The van der Waals surface area contributed by atoms with Gasteiger partial charge in [0.05, 0.1) is 26.2 Å². The normalized spacial score (nSPS) is 12.0. The van der Waals surface area contributed by atoms with E-state index in [1.807, 2.05) is 0 Å². The zero-order chi connectivity index (χ0) is 17.2. The lowest BCUT2D eigenvalue weighted by atomic mass is 10.1. The highest BCUT2D eigenvalue weighted by atomic mass is 16.2. The third kappa shape index (κ3) is 12.9. The van der Waals surface area contributed by atoms with E-state index in [4.69, 9.17) is 5.11 Å². The Morgan fingerprint density at radius 2 is 0.826 bits per heavy atom. The van der Waals surface area contributed by atoms with Crippen molar-refractivity contribution >= 4 is 0 Å². The third-order valence-electron chi connectivity index (χ3n) is 5.13. The molecule has 0 bridgehead atoms. The van der Waals surface area contributed by atoms with Crippen LogP contribution >= 0.6 is 0 Å². The molecule has 23 heavy (non-hydrogen) atoms. The summed E-state index contributed by atoms with van der Waals surface area (Å²) in [6.07, 6.45) is 17.4. The Kier molecular flexibility index (Phi) is 16.7. The maximum absolute atomic E-state index is 8.75. The maximum Gasteiger partial charge on any atom is 0.0786 e. The van der Waals surface area contributed by atoms with Gasteiger partial charge in [-0.05, 0) is 38.5 Å². The minimum absolute atomic E-state index is 0.369. The van der Waals surface area contributed by atoms with Crippen LogP contribution in [0, 0.1) is 0 Å². The van der Waals surface area contributed by atoms with Gasteiger partial charge in [0, 0.05) is 6.61 Å². The molecule has 0 aromatic rings. The molecule has 0 rings (SSSR count). The number of hydrogen-bond donors (Lipinski definition) is 1. The van der Waals surface area contributed by atoms with Crippen molar-refractivity contribution in [2.75, 3.05) is 32.8 Å². The Balaban J connectivity index is 3.65. The molecule has 0 aromatic carbocycles. The Labute approximate surface area is 147 Å². The number of unbranched alkanes of at least 4 members (excludes halogenated alkanes) is 9. The maximum atomic E-state index is 8.75. The summed E-state index contributed by atoms with van der Waals surface area (Å²) in [5, 5.41) is 8.75. The standard InChI is InChI=1S/C21H46NO/c1-4-17-22(18-5-2,19-6-3)20-15-13-11-9-7-8-10-12-14-16-21-23/h23H,4-21H2,1-3H3/q+1. The summed E-state index contributed by atoms with van der Waals surface area (Å²) in [4.78, 5) is 0. The van der Waals surface area contributed by atoms with Gasteiger partial charge in [0.1, 0.15) is 0 Å². The Bertz CT molecular complexity index is 213. The molecule has 0 amide bonds. The van der Waals surface area contributed by atoms with Crippen molar-refractivity contribution in [3.63, 3.8) is 0 Å². The van der Waals surface area contributed by atoms with Gasteiger partial charge in [-0.15, -0.1) is 0 Å². The fourth-order valence-electron chi connectivity index (χ4n) is 4.07. The van der Waals surface area contributed by atoms with Crippen LogP contribution in [0.5, 0.6) is 0 Å². The summed E-state index contributed by atoms with van der Waals surface area (Å²) >= 11 is 0. The Hall–Kier alpha value is -0.0800. The topological polar surface area (TPSA) is 20.2 Å².